The Morgan fingerprint density at radius 2 is 1.76 bits per heavy atom. The summed E-state index contributed by atoms with van der Waals surface area (Å²) in [5, 5.41) is 12.6. The number of aromatic nitrogens is 2. The number of thioether (sulfide) groups is 1. The van der Waals surface area contributed by atoms with Crippen LogP contribution in [0.3, 0.4) is 0 Å². The number of hydrogen-bond acceptors (Lipinski definition) is 8. The van der Waals surface area contributed by atoms with Crippen LogP contribution in [0.2, 0.25) is 0 Å². The lowest BCUT2D eigenvalue weighted by atomic mass is 10.1. The third-order valence-corrected chi connectivity index (χ3v) is 4.96. The summed E-state index contributed by atoms with van der Waals surface area (Å²) in [7, 11) is 2.94. The summed E-state index contributed by atoms with van der Waals surface area (Å²) in [6, 6.07) is 10.9. The third kappa shape index (κ3) is 5.73. The van der Waals surface area contributed by atoms with Crippen LogP contribution < -0.4 is 9.47 Å². The van der Waals surface area contributed by atoms with Crippen LogP contribution in [-0.4, -0.2) is 52.6 Å². The van der Waals surface area contributed by atoms with Gasteiger partial charge in [-0.3, -0.25) is 0 Å². The molecule has 13 heteroatoms. The lowest BCUT2D eigenvalue weighted by Gasteiger charge is -2.12. The summed E-state index contributed by atoms with van der Waals surface area (Å²) in [6.07, 6.45) is -4.50. The molecule has 0 atom stereocenters. The Kier molecular flexibility index (Phi) is 7.56. The molecule has 0 aliphatic heterocycles. The van der Waals surface area contributed by atoms with E-state index < -0.39 is 18.2 Å². The number of ether oxygens (including phenoxy) is 2. The van der Waals surface area contributed by atoms with E-state index in [1.807, 2.05) is 0 Å². The van der Waals surface area contributed by atoms with E-state index in [0.29, 0.717) is 22.7 Å². The lowest BCUT2D eigenvalue weighted by Crippen LogP contribution is -2.14. The van der Waals surface area contributed by atoms with Crippen molar-refractivity contribution in [1.82, 2.24) is 10.1 Å². The molecule has 9 nitrogen and oxygen atoms in total. The van der Waals surface area contributed by atoms with E-state index in [-0.39, 0.29) is 22.1 Å². The molecular formula is C21H17F3N4O5S. The molecule has 1 amide bonds. The zero-order valence-corrected chi connectivity index (χ0v) is 18.8. The molecule has 0 radical (unpaired) electrons. The highest BCUT2D eigenvalue weighted by Gasteiger charge is 2.38. The van der Waals surface area contributed by atoms with E-state index in [1.165, 1.54) is 38.5 Å². The number of alkyl halides is 3. The molecule has 0 fully saturated rings. The van der Waals surface area contributed by atoms with Crippen LogP contribution in [0.15, 0.2) is 57.0 Å². The number of carboxylic acid groups (broad SMARTS) is 1. The largest absolute Gasteiger partial charge is 0.493 e. The Hall–Kier alpha value is -3.87. The number of hydrogen-bond donors (Lipinski definition) is 1. The Bertz CT molecular complexity index is 1240. The second kappa shape index (κ2) is 10.4. The number of rotatable bonds is 6. The predicted octanol–water partition coefficient (Wildman–Crippen LogP) is 5.33. The van der Waals surface area contributed by atoms with Gasteiger partial charge in [0.1, 0.15) is 10.8 Å². The van der Waals surface area contributed by atoms with Crippen LogP contribution >= 0.6 is 11.8 Å². The van der Waals surface area contributed by atoms with Crippen LogP contribution in [-0.2, 0) is 6.18 Å². The SMILES string of the molecule is COc1ccc(C(=Nc2ccc(-c3noc(C(F)(F)F)n3)cc2)C(=NC(=O)O)SC)cc1OC. The van der Waals surface area contributed by atoms with Crippen LogP contribution in [0.25, 0.3) is 11.4 Å². The molecule has 0 bridgehead atoms. The van der Waals surface area contributed by atoms with Gasteiger partial charge in [0.2, 0.25) is 5.82 Å². The molecule has 0 spiro atoms. The molecular weight excluding hydrogens is 477 g/mol. The highest BCUT2D eigenvalue weighted by molar-refractivity contribution is 8.15. The Morgan fingerprint density at radius 1 is 1.09 bits per heavy atom. The molecule has 0 aliphatic rings. The number of aliphatic imine (C=N–C) groups is 2. The molecule has 0 saturated carbocycles. The molecule has 3 rings (SSSR count). The number of carbonyl (C=O) groups is 1. The lowest BCUT2D eigenvalue weighted by molar-refractivity contribution is -0.159. The van der Waals surface area contributed by atoms with Gasteiger partial charge in [0, 0.05) is 11.1 Å². The first kappa shape index (κ1) is 24.8. The summed E-state index contributed by atoms with van der Waals surface area (Å²) in [4.78, 5) is 22.7. The van der Waals surface area contributed by atoms with Crippen molar-refractivity contribution in [2.45, 2.75) is 6.18 Å². The predicted molar refractivity (Wildman–Crippen MR) is 119 cm³/mol. The molecule has 1 heterocycles. The van der Waals surface area contributed by atoms with Crippen molar-refractivity contribution in [2.24, 2.45) is 9.98 Å². The zero-order valence-electron chi connectivity index (χ0n) is 18.0. The zero-order chi connectivity index (χ0) is 24.9. The van der Waals surface area contributed by atoms with Crippen molar-refractivity contribution >= 4 is 34.3 Å². The average molecular weight is 494 g/mol. The maximum Gasteiger partial charge on any atom is 0.471 e. The van der Waals surface area contributed by atoms with Gasteiger partial charge in [0.15, 0.2) is 11.5 Å². The van der Waals surface area contributed by atoms with Gasteiger partial charge in [-0.15, -0.1) is 11.8 Å². The summed E-state index contributed by atoms with van der Waals surface area (Å²) >= 11 is 1.08. The van der Waals surface area contributed by atoms with Crippen molar-refractivity contribution in [1.29, 1.82) is 0 Å². The van der Waals surface area contributed by atoms with Gasteiger partial charge in [-0.2, -0.15) is 23.1 Å². The van der Waals surface area contributed by atoms with Gasteiger partial charge in [0.05, 0.1) is 19.9 Å². The van der Waals surface area contributed by atoms with Crippen LogP contribution in [0.5, 0.6) is 11.5 Å². The van der Waals surface area contributed by atoms with Crippen molar-refractivity contribution in [3.8, 4) is 22.9 Å². The number of methoxy groups -OCH3 is 2. The molecule has 1 N–H and O–H groups in total. The average Bonchev–Trinajstić information content (AvgIpc) is 3.32. The summed E-state index contributed by atoms with van der Waals surface area (Å²) < 4.78 is 52.9. The first-order chi connectivity index (χ1) is 16.2. The van der Waals surface area contributed by atoms with Crippen molar-refractivity contribution in [2.75, 3.05) is 20.5 Å². The topological polar surface area (TPSA) is 119 Å². The molecule has 178 valence electrons. The van der Waals surface area contributed by atoms with Crippen molar-refractivity contribution in [3.05, 3.63) is 53.9 Å². The molecule has 0 unspecified atom stereocenters. The molecule has 1 aromatic heterocycles. The van der Waals surface area contributed by atoms with Crippen molar-refractivity contribution in [3.63, 3.8) is 0 Å². The number of halogens is 3. The quantitative estimate of drug-likeness (QED) is 0.361. The molecule has 2 aromatic carbocycles. The number of amides is 1. The fourth-order valence-corrected chi connectivity index (χ4v) is 3.30. The summed E-state index contributed by atoms with van der Waals surface area (Å²) in [5.74, 6) is -0.819. The van der Waals surface area contributed by atoms with Crippen LogP contribution in [0.4, 0.5) is 23.7 Å². The molecule has 0 aliphatic carbocycles. The van der Waals surface area contributed by atoms with E-state index in [0.717, 1.165) is 11.8 Å². The first-order valence-electron chi connectivity index (χ1n) is 9.34. The fourth-order valence-electron chi connectivity index (χ4n) is 2.77. The Morgan fingerprint density at radius 3 is 2.29 bits per heavy atom. The van der Waals surface area contributed by atoms with E-state index in [2.05, 4.69) is 24.6 Å². The van der Waals surface area contributed by atoms with Crippen molar-refractivity contribution < 1.29 is 37.1 Å². The Labute approximate surface area is 195 Å². The van der Waals surface area contributed by atoms with Gasteiger partial charge >= 0.3 is 18.2 Å². The monoisotopic (exact) mass is 494 g/mol. The number of benzene rings is 2. The normalized spacial score (nSPS) is 12.5. The van der Waals surface area contributed by atoms with E-state index in [9.17, 15) is 23.1 Å². The fraction of sp³-hybridized carbons (Fsp3) is 0.190. The van der Waals surface area contributed by atoms with Gasteiger partial charge in [-0.25, -0.2) is 9.79 Å². The van der Waals surface area contributed by atoms with Gasteiger partial charge in [-0.05, 0) is 48.7 Å². The summed E-state index contributed by atoms with van der Waals surface area (Å²) in [5.41, 5.74) is 1.39. The van der Waals surface area contributed by atoms with E-state index in [1.54, 1.807) is 24.5 Å². The number of nitrogens with zero attached hydrogens (tertiary/aromatic N) is 4. The van der Waals surface area contributed by atoms with Gasteiger partial charge < -0.3 is 19.1 Å². The van der Waals surface area contributed by atoms with E-state index in [4.69, 9.17) is 9.47 Å². The molecule has 34 heavy (non-hydrogen) atoms. The van der Waals surface area contributed by atoms with E-state index >= 15 is 0 Å². The van der Waals surface area contributed by atoms with Crippen LogP contribution in [0.1, 0.15) is 11.5 Å². The minimum Gasteiger partial charge on any atom is -0.493 e. The van der Waals surface area contributed by atoms with Gasteiger partial charge in [0.25, 0.3) is 0 Å². The second-order valence-corrected chi connectivity index (χ2v) is 7.20. The van der Waals surface area contributed by atoms with Crippen LogP contribution in [0, 0.1) is 0 Å². The highest BCUT2D eigenvalue weighted by Crippen LogP contribution is 2.31. The maximum absolute atomic E-state index is 12.7. The molecule has 0 saturated heterocycles. The standard InChI is InChI=1S/C21H17F3N4O5S/c1-31-14-9-6-12(10-15(14)32-2)16(18(34-3)27-20(29)30)25-13-7-4-11(5-8-13)17-26-19(33-28-17)21(22,23)24/h4-10H,1-3H3,(H,29,30). The highest BCUT2D eigenvalue weighted by atomic mass is 32.2. The third-order valence-electron chi connectivity index (χ3n) is 4.29. The second-order valence-electron chi connectivity index (χ2n) is 6.40. The smallest absolute Gasteiger partial charge is 0.471 e. The first-order valence-corrected chi connectivity index (χ1v) is 10.6. The Balaban J connectivity index is 2.04. The van der Waals surface area contributed by atoms with Gasteiger partial charge in [-0.1, -0.05) is 5.16 Å². The maximum atomic E-state index is 12.7. The summed E-state index contributed by atoms with van der Waals surface area (Å²) in [6.45, 7) is 0. The molecule has 3 aromatic rings. The minimum atomic E-state index is -4.75. The minimum absolute atomic E-state index is 0.122.